The number of amides is 2. The molecule has 1 fully saturated rings. The van der Waals surface area contributed by atoms with Crippen LogP contribution in [0.25, 0.3) is 6.08 Å². The predicted molar refractivity (Wildman–Crippen MR) is 102 cm³/mol. The minimum atomic E-state index is -3.21. The number of rotatable bonds is 3. The number of likely N-dealkylation sites (N-methyl/N-ethyl adjacent to an activating group) is 1. The average molecular weight is 394 g/mol. The van der Waals surface area contributed by atoms with Crippen LogP contribution in [0.2, 0.25) is 0 Å². The first kappa shape index (κ1) is 17.8. The van der Waals surface area contributed by atoms with Crippen molar-refractivity contribution in [2.24, 2.45) is 0 Å². The normalized spacial score (nSPS) is 23.5. The minimum Gasteiger partial charge on any atom is -0.345 e. The Morgan fingerprint density at radius 2 is 2.04 bits per heavy atom. The van der Waals surface area contributed by atoms with Gasteiger partial charge in [-0.05, 0) is 29.8 Å². The molecule has 3 rings (SSSR count). The molecule has 1 N–H and O–H groups in total. The summed E-state index contributed by atoms with van der Waals surface area (Å²) in [5, 5.41) is 3.78. The van der Waals surface area contributed by atoms with Crippen molar-refractivity contribution in [3.63, 3.8) is 0 Å². The quantitative estimate of drug-likeness (QED) is 0.619. The molecule has 2 aliphatic heterocycles. The van der Waals surface area contributed by atoms with E-state index in [1.54, 1.807) is 37.4 Å². The van der Waals surface area contributed by atoms with E-state index in [1.807, 2.05) is 0 Å². The van der Waals surface area contributed by atoms with Gasteiger partial charge >= 0.3 is 0 Å². The lowest BCUT2D eigenvalue weighted by molar-refractivity contribution is -0.121. The van der Waals surface area contributed by atoms with Gasteiger partial charge in [0.15, 0.2) is 9.84 Å². The summed E-state index contributed by atoms with van der Waals surface area (Å²) in [6.07, 6.45) is 3.19. The van der Waals surface area contributed by atoms with Crippen molar-refractivity contribution in [1.82, 2.24) is 10.2 Å². The second kappa shape index (κ2) is 6.74. The van der Waals surface area contributed by atoms with Crippen LogP contribution in [-0.2, 0) is 14.6 Å². The molecule has 0 unspecified atom stereocenters. The summed E-state index contributed by atoms with van der Waals surface area (Å²) < 4.78 is 23.2. The maximum absolute atomic E-state index is 12.2. The van der Waals surface area contributed by atoms with Crippen LogP contribution in [0.15, 0.2) is 40.7 Å². The lowest BCUT2D eigenvalue weighted by Crippen LogP contribution is -2.35. The van der Waals surface area contributed by atoms with E-state index in [0.717, 1.165) is 11.0 Å². The van der Waals surface area contributed by atoms with Crippen LogP contribution in [0.4, 0.5) is 0 Å². The number of hydrogen-bond donors (Lipinski definition) is 1. The van der Waals surface area contributed by atoms with E-state index in [2.05, 4.69) is 5.32 Å². The SMILES string of the molecule is CN1C(=O)/C(=C/c2ccc(C(=O)N[C@@H]3C=CS(=O)(=O)C3)cc2)SC1=S. The largest absolute Gasteiger partial charge is 0.345 e. The molecule has 0 bridgehead atoms. The zero-order chi connectivity index (χ0) is 18.2. The van der Waals surface area contributed by atoms with E-state index < -0.39 is 15.9 Å². The van der Waals surface area contributed by atoms with E-state index >= 15 is 0 Å². The van der Waals surface area contributed by atoms with Crippen LogP contribution in [0.5, 0.6) is 0 Å². The summed E-state index contributed by atoms with van der Waals surface area (Å²) >= 11 is 6.31. The van der Waals surface area contributed by atoms with Gasteiger partial charge in [-0.1, -0.05) is 36.1 Å². The molecule has 25 heavy (non-hydrogen) atoms. The maximum atomic E-state index is 12.2. The molecular formula is C16H14N2O4S3. The maximum Gasteiger partial charge on any atom is 0.265 e. The summed E-state index contributed by atoms with van der Waals surface area (Å²) in [7, 11) is -1.58. The van der Waals surface area contributed by atoms with Gasteiger partial charge in [-0.15, -0.1) is 0 Å². The van der Waals surface area contributed by atoms with Gasteiger partial charge in [0, 0.05) is 18.0 Å². The number of sulfone groups is 1. The second-order valence-electron chi connectivity index (χ2n) is 5.60. The first-order valence-corrected chi connectivity index (χ1v) is 10.2. The highest BCUT2D eigenvalue weighted by Gasteiger charge is 2.28. The molecule has 2 amide bonds. The number of benzene rings is 1. The molecule has 0 aliphatic carbocycles. The Morgan fingerprint density at radius 1 is 1.36 bits per heavy atom. The van der Waals surface area contributed by atoms with Crippen LogP contribution in [0, 0.1) is 0 Å². The highest BCUT2D eigenvalue weighted by molar-refractivity contribution is 8.26. The third kappa shape index (κ3) is 4.00. The Bertz CT molecular complexity index is 917. The number of nitrogens with zero attached hydrogens (tertiary/aromatic N) is 1. The monoisotopic (exact) mass is 394 g/mol. The van der Waals surface area contributed by atoms with Gasteiger partial charge in [0.05, 0.1) is 16.7 Å². The van der Waals surface area contributed by atoms with Crippen LogP contribution >= 0.6 is 24.0 Å². The van der Waals surface area contributed by atoms with Gasteiger partial charge < -0.3 is 5.32 Å². The third-order valence-corrected chi connectivity index (χ3v) is 6.58. The van der Waals surface area contributed by atoms with E-state index in [1.165, 1.54) is 22.7 Å². The number of carbonyl (C=O) groups is 2. The van der Waals surface area contributed by atoms with Crippen molar-refractivity contribution in [2.75, 3.05) is 12.8 Å². The van der Waals surface area contributed by atoms with E-state index in [4.69, 9.17) is 12.2 Å². The number of hydrogen-bond acceptors (Lipinski definition) is 6. The Balaban J connectivity index is 1.68. The number of thioether (sulfide) groups is 1. The topological polar surface area (TPSA) is 83.6 Å². The van der Waals surface area contributed by atoms with Crippen LogP contribution in [-0.4, -0.2) is 48.3 Å². The molecule has 1 atom stereocenters. The van der Waals surface area contributed by atoms with Gasteiger partial charge in [0.2, 0.25) is 0 Å². The lowest BCUT2D eigenvalue weighted by atomic mass is 10.1. The molecular weight excluding hydrogens is 380 g/mol. The van der Waals surface area contributed by atoms with Crippen molar-refractivity contribution >= 4 is 56.0 Å². The van der Waals surface area contributed by atoms with E-state index in [9.17, 15) is 18.0 Å². The highest BCUT2D eigenvalue weighted by Crippen LogP contribution is 2.31. The first-order chi connectivity index (χ1) is 11.7. The van der Waals surface area contributed by atoms with E-state index in [-0.39, 0.29) is 17.6 Å². The van der Waals surface area contributed by atoms with Crippen molar-refractivity contribution in [3.05, 3.63) is 51.8 Å². The molecule has 2 heterocycles. The summed E-state index contributed by atoms with van der Waals surface area (Å²) in [6.45, 7) is 0. The smallest absolute Gasteiger partial charge is 0.265 e. The molecule has 6 nitrogen and oxygen atoms in total. The van der Waals surface area contributed by atoms with Crippen molar-refractivity contribution < 1.29 is 18.0 Å². The zero-order valence-electron chi connectivity index (χ0n) is 13.1. The Kier molecular flexibility index (Phi) is 4.81. The lowest BCUT2D eigenvalue weighted by Gasteiger charge is -2.10. The second-order valence-corrected chi connectivity index (χ2v) is 9.21. The summed E-state index contributed by atoms with van der Waals surface area (Å²) in [4.78, 5) is 26.1. The fourth-order valence-corrected chi connectivity index (χ4v) is 4.76. The molecule has 1 aromatic carbocycles. The van der Waals surface area contributed by atoms with Gasteiger partial charge in [0.25, 0.3) is 11.8 Å². The average Bonchev–Trinajstić information content (AvgIpc) is 3.02. The molecule has 0 saturated carbocycles. The minimum absolute atomic E-state index is 0.115. The van der Waals surface area contributed by atoms with Gasteiger partial charge in [0.1, 0.15) is 4.32 Å². The molecule has 2 aliphatic rings. The van der Waals surface area contributed by atoms with Crippen molar-refractivity contribution in [2.45, 2.75) is 6.04 Å². The van der Waals surface area contributed by atoms with Crippen molar-refractivity contribution in [3.8, 4) is 0 Å². The van der Waals surface area contributed by atoms with Gasteiger partial charge in [-0.2, -0.15) is 0 Å². The Hall–Kier alpha value is -1.97. The van der Waals surface area contributed by atoms with Crippen LogP contribution in [0.3, 0.4) is 0 Å². The molecule has 0 aromatic heterocycles. The van der Waals surface area contributed by atoms with Gasteiger partial charge in [-0.25, -0.2) is 8.42 Å². The van der Waals surface area contributed by atoms with Crippen LogP contribution < -0.4 is 5.32 Å². The van der Waals surface area contributed by atoms with Crippen molar-refractivity contribution in [1.29, 1.82) is 0 Å². The Labute approximate surface area is 154 Å². The standard InChI is InChI=1S/C16H14N2O4S3/c1-18-15(20)13(24-16(18)23)8-10-2-4-11(5-3-10)14(19)17-12-6-7-25(21,22)9-12/h2-8,12H,9H2,1H3,(H,17,19)/b13-8-/t12-/m1/s1. The fraction of sp³-hybridized carbons (Fsp3) is 0.188. The zero-order valence-corrected chi connectivity index (χ0v) is 15.6. The number of carbonyl (C=O) groups excluding carboxylic acids is 2. The number of thiocarbonyl (C=S) groups is 1. The summed E-state index contributed by atoms with van der Waals surface area (Å²) in [6, 6.07) is 6.18. The third-order valence-electron chi connectivity index (χ3n) is 3.70. The summed E-state index contributed by atoms with van der Waals surface area (Å²) in [5.74, 6) is -0.611. The summed E-state index contributed by atoms with van der Waals surface area (Å²) in [5.41, 5.74) is 1.19. The molecule has 130 valence electrons. The highest BCUT2D eigenvalue weighted by atomic mass is 32.2. The van der Waals surface area contributed by atoms with E-state index in [0.29, 0.717) is 14.8 Å². The molecule has 0 spiro atoms. The molecule has 0 radical (unpaired) electrons. The molecule has 9 heteroatoms. The van der Waals surface area contributed by atoms with Gasteiger partial charge in [-0.3, -0.25) is 14.5 Å². The Morgan fingerprint density at radius 3 is 2.56 bits per heavy atom. The predicted octanol–water partition coefficient (Wildman–Crippen LogP) is 1.56. The first-order valence-electron chi connectivity index (χ1n) is 7.29. The molecule has 1 saturated heterocycles. The fourth-order valence-electron chi connectivity index (χ4n) is 2.35. The number of nitrogens with one attached hydrogen (secondary N) is 1. The van der Waals surface area contributed by atoms with Crippen LogP contribution in [0.1, 0.15) is 15.9 Å². The molecule has 1 aromatic rings.